The monoisotopic (exact) mass is 808 g/mol. The summed E-state index contributed by atoms with van der Waals surface area (Å²) in [5.74, 6) is -5.23. The Balaban J connectivity index is 1.47. The van der Waals surface area contributed by atoms with E-state index in [0.29, 0.717) is 5.52 Å². The third-order valence-corrected chi connectivity index (χ3v) is 11.0. The first-order valence-electron chi connectivity index (χ1n) is 18.0. The number of benzene rings is 1. The molecule has 3 N–H and O–H groups in total. The van der Waals surface area contributed by atoms with E-state index >= 15 is 0 Å². The van der Waals surface area contributed by atoms with Crippen molar-refractivity contribution in [1.82, 2.24) is 19.7 Å². The lowest BCUT2D eigenvalue weighted by Crippen LogP contribution is -2.50. The molecule has 0 bridgehead atoms. The van der Waals surface area contributed by atoms with Crippen LogP contribution in [0.3, 0.4) is 0 Å². The number of aromatic nitrogens is 3. The average Bonchev–Trinajstić information content (AvgIpc) is 3.71. The maximum Gasteiger partial charge on any atom is 0.459 e. The number of hydrogen-bond donors (Lipinski definition) is 2. The Bertz CT molecular complexity index is 1970. The van der Waals surface area contributed by atoms with Gasteiger partial charge in [0, 0.05) is 0 Å². The summed E-state index contributed by atoms with van der Waals surface area (Å²) in [6.07, 6.45) is -8.99. The molecule has 1 aliphatic heterocycles. The minimum atomic E-state index is -4.73. The third-order valence-electron chi connectivity index (χ3n) is 9.37. The van der Waals surface area contributed by atoms with E-state index in [1.165, 1.54) is 29.9 Å². The second-order valence-electron chi connectivity index (χ2n) is 14.3. The minimum Gasteiger partial charge on any atom is -0.461 e. The molecule has 20 heteroatoms. The molecule has 1 aliphatic carbocycles. The molecule has 3 aromatic rings. The number of hydrogen-bond acceptors (Lipinski definition) is 14. The Morgan fingerprint density at radius 3 is 2.25 bits per heavy atom. The molecule has 16 nitrogen and oxygen atoms in total. The maximum atomic E-state index is 14.6. The van der Waals surface area contributed by atoms with Crippen LogP contribution in [0, 0.1) is 29.1 Å². The summed E-state index contributed by atoms with van der Waals surface area (Å²) >= 11 is 0. The highest BCUT2D eigenvalue weighted by Crippen LogP contribution is 2.50. The quantitative estimate of drug-likeness (QED) is 0.115. The van der Waals surface area contributed by atoms with Crippen molar-refractivity contribution < 1.29 is 60.1 Å². The first kappa shape index (κ1) is 42.4. The molecule has 0 spiro atoms. The molecule has 1 saturated carbocycles. The number of nitrogens with one attached hydrogen (secondary N) is 1. The Morgan fingerprint density at radius 1 is 1.00 bits per heavy atom. The van der Waals surface area contributed by atoms with Crippen molar-refractivity contribution in [2.24, 2.45) is 17.8 Å². The fraction of sp³-hybridized carbons (Fsp3) is 0.556. The van der Waals surface area contributed by atoms with Crippen LogP contribution in [0.4, 0.5) is 19.0 Å². The summed E-state index contributed by atoms with van der Waals surface area (Å²) in [6, 6.07) is 11.4. The zero-order chi connectivity index (χ0) is 41.0. The normalized spacial score (nSPS) is 25.6. The van der Waals surface area contributed by atoms with E-state index in [1.807, 2.05) is 6.07 Å². The van der Waals surface area contributed by atoms with Crippen LogP contribution < -0.4 is 15.3 Å². The van der Waals surface area contributed by atoms with Gasteiger partial charge in [-0.2, -0.15) is 28.6 Å². The second kappa shape index (κ2) is 17.2. The number of esters is 3. The van der Waals surface area contributed by atoms with Crippen molar-refractivity contribution in [3.63, 3.8) is 0 Å². The van der Waals surface area contributed by atoms with Gasteiger partial charge in [-0.3, -0.25) is 18.9 Å². The van der Waals surface area contributed by atoms with Crippen molar-refractivity contribution in [2.45, 2.75) is 103 Å². The van der Waals surface area contributed by atoms with E-state index in [1.54, 1.807) is 58.0 Å². The minimum absolute atomic E-state index is 0.0187. The number of nitrogen functional groups attached to an aromatic ring is 1. The van der Waals surface area contributed by atoms with E-state index in [0.717, 1.165) is 0 Å². The largest absolute Gasteiger partial charge is 0.461 e. The van der Waals surface area contributed by atoms with Gasteiger partial charge in [0.2, 0.25) is 5.60 Å². The molecule has 0 amide bonds. The maximum absolute atomic E-state index is 14.6. The van der Waals surface area contributed by atoms with Crippen LogP contribution in [0.25, 0.3) is 5.52 Å². The molecule has 1 saturated heterocycles. The van der Waals surface area contributed by atoms with E-state index in [9.17, 15) is 37.4 Å². The summed E-state index contributed by atoms with van der Waals surface area (Å²) in [5.41, 5.74) is 4.28. The van der Waals surface area contributed by atoms with Crippen molar-refractivity contribution in [3.05, 3.63) is 54.5 Å². The fourth-order valence-corrected chi connectivity index (χ4v) is 7.73. The number of halogens is 3. The number of alkyl halides is 3. The van der Waals surface area contributed by atoms with Gasteiger partial charge in [0.1, 0.15) is 48.5 Å². The Labute approximate surface area is 320 Å². The van der Waals surface area contributed by atoms with E-state index in [2.05, 4.69) is 15.2 Å². The van der Waals surface area contributed by atoms with Gasteiger partial charge in [0.05, 0.1) is 23.4 Å². The molecule has 1 aromatic carbocycles. The van der Waals surface area contributed by atoms with E-state index in [4.69, 9.17) is 33.7 Å². The lowest BCUT2D eigenvalue weighted by Gasteiger charge is -2.32. The number of nitriles is 1. The number of nitrogens with zero attached hydrogens (tertiary/aromatic N) is 4. The third kappa shape index (κ3) is 9.60. The molecule has 5 rings (SSSR count). The summed E-state index contributed by atoms with van der Waals surface area (Å²) in [4.78, 5) is 43.5. The molecule has 6 atom stereocenters. The van der Waals surface area contributed by atoms with E-state index < -0.39 is 92.3 Å². The number of carbonyl (C=O) groups excluding carboxylic acids is 3. The Hall–Kier alpha value is -4.76. The highest BCUT2D eigenvalue weighted by Gasteiger charge is 2.62. The van der Waals surface area contributed by atoms with E-state index in [-0.39, 0.29) is 42.9 Å². The molecule has 304 valence electrons. The average molecular weight is 809 g/mol. The van der Waals surface area contributed by atoms with Crippen molar-refractivity contribution >= 4 is 37.0 Å². The number of rotatable bonds is 14. The highest BCUT2D eigenvalue weighted by atomic mass is 31.2. The second-order valence-corrected chi connectivity index (χ2v) is 16.0. The topological polar surface area (TPSA) is 216 Å². The summed E-state index contributed by atoms with van der Waals surface area (Å²) < 4.78 is 90.7. The molecule has 2 aromatic heterocycles. The van der Waals surface area contributed by atoms with Crippen LogP contribution >= 0.6 is 7.75 Å². The van der Waals surface area contributed by atoms with Crippen LogP contribution in [0.5, 0.6) is 5.75 Å². The van der Waals surface area contributed by atoms with Crippen molar-refractivity contribution in [3.8, 4) is 11.8 Å². The van der Waals surface area contributed by atoms with Gasteiger partial charge in [0.15, 0.2) is 18.0 Å². The number of fused-ring (bicyclic) bond motifs is 1. The Morgan fingerprint density at radius 2 is 1.64 bits per heavy atom. The first-order chi connectivity index (χ1) is 26.4. The molecular formula is C36H44F3N6O10P. The SMILES string of the molecule is CC(C)C(=O)O[C@H]1[C@H](c2ccc3c(N)ncnn23)O[C@](C#N)(COP(=O)(N[C@@H](C)C(=O)O[C@H]2CC[C@H](C(F)(F)F)CC2)Oc2ccccc2)[C@H]1OC(=O)C(C)C. The fourth-order valence-electron chi connectivity index (χ4n) is 6.21. The van der Waals surface area contributed by atoms with Crippen molar-refractivity contribution in [2.75, 3.05) is 12.3 Å². The summed E-state index contributed by atoms with van der Waals surface area (Å²) in [5, 5.41) is 17.6. The lowest BCUT2D eigenvalue weighted by molar-refractivity contribution is -0.189. The number of nitrogens with two attached hydrogens (primary N) is 1. The molecule has 1 unspecified atom stereocenters. The van der Waals surface area contributed by atoms with Gasteiger partial charge >= 0.3 is 31.8 Å². The lowest BCUT2D eigenvalue weighted by atomic mass is 9.87. The molecule has 2 fully saturated rings. The number of anilines is 1. The van der Waals surface area contributed by atoms with Crippen LogP contribution in [-0.4, -0.2) is 75.2 Å². The zero-order valence-electron chi connectivity index (χ0n) is 31.3. The summed E-state index contributed by atoms with van der Waals surface area (Å²) in [7, 11) is -4.73. The van der Waals surface area contributed by atoms with Crippen LogP contribution in [0.1, 0.15) is 72.1 Å². The standard InChI is InChI=1S/C36H44F3N6O10P/c1-20(2)32(46)52-29-28(26-15-16-27-31(41)42-19-43-45(26)27)54-35(17-40,30(29)53-33(47)21(3)4)18-50-56(49,55-25-9-7-6-8-10-25)44-22(5)34(48)51-24-13-11-23(12-14-24)36(37,38)39/h6-10,15-16,19-24,28-30H,11-14,18H2,1-5H3,(H,44,49)(H2,41,42,43)/t22-,23-,24-,28-,29-,30-,35+,56?/m0/s1. The van der Waals surface area contributed by atoms with Gasteiger partial charge in [-0.05, 0) is 56.9 Å². The van der Waals surface area contributed by atoms with Crippen LogP contribution in [-0.2, 0) is 42.4 Å². The Kier molecular flexibility index (Phi) is 13.0. The van der Waals surface area contributed by atoms with Gasteiger partial charge in [-0.15, -0.1) is 0 Å². The predicted molar refractivity (Wildman–Crippen MR) is 190 cm³/mol. The van der Waals surface area contributed by atoms with Gasteiger partial charge in [-0.1, -0.05) is 45.9 Å². The first-order valence-corrected chi connectivity index (χ1v) is 19.5. The molecular weight excluding hydrogens is 764 g/mol. The zero-order valence-corrected chi connectivity index (χ0v) is 32.2. The van der Waals surface area contributed by atoms with Crippen molar-refractivity contribution in [1.29, 1.82) is 5.26 Å². The molecule has 56 heavy (non-hydrogen) atoms. The summed E-state index contributed by atoms with van der Waals surface area (Å²) in [6.45, 7) is 6.58. The molecule has 2 aliphatic rings. The van der Waals surface area contributed by atoms with Gasteiger partial charge in [-0.25, -0.2) is 14.1 Å². The predicted octanol–water partition coefficient (Wildman–Crippen LogP) is 5.63. The molecule has 3 heterocycles. The van der Waals surface area contributed by atoms with Crippen LogP contribution in [0.2, 0.25) is 0 Å². The number of para-hydroxylation sites is 1. The van der Waals surface area contributed by atoms with Gasteiger partial charge < -0.3 is 29.2 Å². The number of carbonyl (C=O) groups is 3. The number of ether oxygens (including phenoxy) is 4. The highest BCUT2D eigenvalue weighted by molar-refractivity contribution is 7.52. The van der Waals surface area contributed by atoms with Crippen LogP contribution in [0.15, 0.2) is 48.8 Å². The molecule has 0 radical (unpaired) electrons. The smallest absolute Gasteiger partial charge is 0.459 e. The van der Waals surface area contributed by atoms with Gasteiger partial charge in [0.25, 0.3) is 0 Å².